The van der Waals surface area contributed by atoms with Crippen molar-refractivity contribution >= 4 is 0 Å². The Bertz CT molecular complexity index is 815. The first-order valence-corrected chi connectivity index (χ1v) is 9.02. The van der Waals surface area contributed by atoms with Crippen LogP contribution in [0.4, 0.5) is 8.78 Å². The number of rotatable bonds is 3. The van der Waals surface area contributed by atoms with Gasteiger partial charge in [0, 0.05) is 0 Å². The molecule has 4 heteroatoms. The molecule has 0 spiro atoms. The fraction of sp³-hybridized carbons (Fsp3) is 0.435. The number of hydrogen-bond donors (Lipinski definition) is 1. The van der Waals surface area contributed by atoms with Crippen molar-refractivity contribution in [1.82, 2.24) is 0 Å². The van der Waals surface area contributed by atoms with Gasteiger partial charge in [-0.15, -0.1) is 0 Å². The van der Waals surface area contributed by atoms with Crippen LogP contribution in [0.5, 0.6) is 5.75 Å². The van der Waals surface area contributed by atoms with E-state index in [-0.39, 0.29) is 5.75 Å². The van der Waals surface area contributed by atoms with E-state index in [4.69, 9.17) is 5.26 Å². The normalized spacial score (nSPS) is 13.5. The fourth-order valence-electron chi connectivity index (χ4n) is 3.23. The molecule has 0 fully saturated rings. The summed E-state index contributed by atoms with van der Waals surface area (Å²) in [4.78, 5) is 0. The van der Waals surface area contributed by atoms with Gasteiger partial charge in [-0.2, -0.15) is 5.26 Å². The molecule has 0 aliphatic rings. The minimum atomic E-state index is -2.61. The lowest BCUT2D eigenvalue weighted by molar-refractivity contribution is 0.128. The van der Waals surface area contributed by atoms with Gasteiger partial charge in [0.2, 0.25) is 6.43 Å². The molecule has 1 unspecified atom stereocenters. The topological polar surface area (TPSA) is 44.0 Å². The van der Waals surface area contributed by atoms with E-state index in [1.165, 1.54) is 0 Å². The second-order valence-electron chi connectivity index (χ2n) is 9.01. The van der Waals surface area contributed by atoms with Crippen molar-refractivity contribution in [3.8, 4) is 11.8 Å². The van der Waals surface area contributed by atoms with Crippen molar-refractivity contribution in [3.63, 3.8) is 0 Å². The molecule has 2 aromatic rings. The standard InChI is InChI=1S/C23H27F2NO/c1-22(2,3)17-11-16(12-18(20(17)27)23(4,5)6)19(21(24)25)15-9-7-14(13-26)8-10-15/h7-12,19,21,27H,1-6H3. The van der Waals surface area contributed by atoms with Crippen LogP contribution in [0.25, 0.3) is 0 Å². The molecule has 0 radical (unpaired) electrons. The summed E-state index contributed by atoms with van der Waals surface area (Å²) in [7, 11) is 0. The summed E-state index contributed by atoms with van der Waals surface area (Å²) in [6, 6.07) is 11.7. The quantitative estimate of drug-likeness (QED) is 0.692. The smallest absolute Gasteiger partial charge is 0.249 e. The van der Waals surface area contributed by atoms with Crippen molar-refractivity contribution in [1.29, 1.82) is 5.26 Å². The van der Waals surface area contributed by atoms with Gasteiger partial charge in [-0.3, -0.25) is 0 Å². The lowest BCUT2D eigenvalue weighted by Crippen LogP contribution is -2.20. The third-order valence-electron chi connectivity index (χ3n) is 4.76. The van der Waals surface area contributed by atoms with E-state index < -0.39 is 23.2 Å². The minimum Gasteiger partial charge on any atom is -0.507 e. The van der Waals surface area contributed by atoms with Crippen LogP contribution in [-0.2, 0) is 10.8 Å². The number of halogens is 2. The molecule has 0 amide bonds. The second kappa shape index (κ2) is 7.31. The third kappa shape index (κ3) is 4.47. The summed E-state index contributed by atoms with van der Waals surface area (Å²) in [6.07, 6.45) is -2.61. The molecule has 1 atom stereocenters. The highest BCUT2D eigenvalue weighted by molar-refractivity contribution is 5.52. The zero-order chi connectivity index (χ0) is 20.6. The lowest BCUT2D eigenvalue weighted by atomic mass is 9.76. The number of nitrogens with zero attached hydrogens (tertiary/aromatic N) is 1. The molecule has 0 aliphatic heterocycles. The number of alkyl halides is 2. The highest BCUT2D eigenvalue weighted by Gasteiger charge is 2.31. The SMILES string of the molecule is CC(C)(C)c1cc(C(c2ccc(C#N)cc2)C(F)F)cc(C(C)(C)C)c1O. The van der Waals surface area contributed by atoms with E-state index >= 15 is 0 Å². The first-order valence-electron chi connectivity index (χ1n) is 9.02. The van der Waals surface area contributed by atoms with Crippen LogP contribution in [0, 0.1) is 11.3 Å². The van der Waals surface area contributed by atoms with Gasteiger partial charge in [-0.25, -0.2) is 8.78 Å². The maximum atomic E-state index is 14.1. The first-order chi connectivity index (χ1) is 12.4. The molecule has 0 heterocycles. The Kier molecular flexibility index (Phi) is 5.65. The first kappa shape index (κ1) is 20.9. The number of benzene rings is 2. The van der Waals surface area contributed by atoms with Crippen LogP contribution in [-0.4, -0.2) is 11.5 Å². The molecule has 0 saturated carbocycles. The maximum absolute atomic E-state index is 14.1. The van der Waals surface area contributed by atoms with E-state index in [2.05, 4.69) is 0 Å². The van der Waals surface area contributed by atoms with Crippen LogP contribution in [0.1, 0.15) is 75.3 Å². The Morgan fingerprint density at radius 1 is 0.852 bits per heavy atom. The Morgan fingerprint density at radius 3 is 1.63 bits per heavy atom. The third-order valence-corrected chi connectivity index (χ3v) is 4.76. The van der Waals surface area contributed by atoms with Gasteiger partial charge in [0.25, 0.3) is 0 Å². The van der Waals surface area contributed by atoms with Crippen molar-refractivity contribution in [3.05, 3.63) is 64.2 Å². The van der Waals surface area contributed by atoms with E-state index in [1.54, 1.807) is 36.4 Å². The molecule has 0 bridgehead atoms. The number of aromatic hydroxyl groups is 1. The van der Waals surface area contributed by atoms with Crippen LogP contribution in [0.2, 0.25) is 0 Å². The van der Waals surface area contributed by atoms with Gasteiger partial charge >= 0.3 is 0 Å². The predicted octanol–water partition coefficient (Wildman–Crippen LogP) is 6.26. The molecule has 2 nitrogen and oxygen atoms in total. The largest absolute Gasteiger partial charge is 0.507 e. The predicted molar refractivity (Wildman–Crippen MR) is 105 cm³/mol. The van der Waals surface area contributed by atoms with E-state index in [0.29, 0.717) is 27.8 Å². The van der Waals surface area contributed by atoms with E-state index in [0.717, 1.165) is 0 Å². The monoisotopic (exact) mass is 371 g/mol. The second-order valence-corrected chi connectivity index (χ2v) is 9.01. The summed E-state index contributed by atoms with van der Waals surface area (Å²) in [5, 5.41) is 19.8. The molecule has 0 aromatic heterocycles. The maximum Gasteiger partial charge on any atom is 0.249 e. The summed E-state index contributed by atoms with van der Waals surface area (Å²) in [6.45, 7) is 11.7. The molecule has 2 aromatic carbocycles. The lowest BCUT2D eigenvalue weighted by Gasteiger charge is -2.30. The van der Waals surface area contributed by atoms with Crippen molar-refractivity contribution in [2.45, 2.75) is 64.7 Å². The Hall–Kier alpha value is -2.41. The van der Waals surface area contributed by atoms with Crippen molar-refractivity contribution in [2.24, 2.45) is 0 Å². The van der Waals surface area contributed by atoms with Gasteiger partial charge in [-0.05, 0) is 45.2 Å². The highest BCUT2D eigenvalue weighted by atomic mass is 19.3. The molecule has 27 heavy (non-hydrogen) atoms. The van der Waals surface area contributed by atoms with Gasteiger partial charge in [0.05, 0.1) is 17.6 Å². The fourth-order valence-corrected chi connectivity index (χ4v) is 3.23. The summed E-state index contributed by atoms with van der Waals surface area (Å²) >= 11 is 0. The van der Waals surface area contributed by atoms with Crippen LogP contribution in [0.15, 0.2) is 36.4 Å². The van der Waals surface area contributed by atoms with Crippen LogP contribution >= 0.6 is 0 Å². The van der Waals surface area contributed by atoms with Crippen molar-refractivity contribution < 1.29 is 13.9 Å². The van der Waals surface area contributed by atoms with Gasteiger partial charge in [0.1, 0.15) is 5.75 Å². The molecular formula is C23H27F2NO. The number of nitriles is 1. The zero-order valence-electron chi connectivity index (χ0n) is 16.8. The average Bonchev–Trinajstić information content (AvgIpc) is 2.54. The molecule has 144 valence electrons. The minimum absolute atomic E-state index is 0.173. The number of phenolic OH excluding ortho intramolecular Hbond substituents is 1. The summed E-state index contributed by atoms with van der Waals surface area (Å²) in [5.41, 5.74) is 1.89. The van der Waals surface area contributed by atoms with Gasteiger partial charge in [0.15, 0.2) is 0 Å². The average molecular weight is 371 g/mol. The molecule has 0 saturated heterocycles. The molecule has 2 rings (SSSR count). The number of hydrogen-bond acceptors (Lipinski definition) is 2. The van der Waals surface area contributed by atoms with Crippen LogP contribution in [0.3, 0.4) is 0 Å². The van der Waals surface area contributed by atoms with Crippen molar-refractivity contribution in [2.75, 3.05) is 0 Å². The Labute approximate surface area is 160 Å². The zero-order valence-corrected chi connectivity index (χ0v) is 16.8. The molecule has 0 aliphatic carbocycles. The summed E-state index contributed by atoms with van der Waals surface area (Å²) in [5.74, 6) is -0.952. The van der Waals surface area contributed by atoms with Crippen LogP contribution < -0.4 is 0 Å². The Balaban J connectivity index is 2.74. The molecular weight excluding hydrogens is 344 g/mol. The van der Waals surface area contributed by atoms with E-state index in [1.807, 2.05) is 47.6 Å². The molecule has 1 N–H and O–H groups in total. The highest BCUT2D eigenvalue weighted by Crippen LogP contribution is 2.43. The Morgan fingerprint density at radius 2 is 1.30 bits per heavy atom. The summed E-state index contributed by atoms with van der Waals surface area (Å²) < 4.78 is 28.2. The van der Waals surface area contributed by atoms with E-state index in [9.17, 15) is 13.9 Å². The number of phenols is 1. The van der Waals surface area contributed by atoms with Gasteiger partial charge in [-0.1, -0.05) is 65.8 Å². The van der Waals surface area contributed by atoms with Gasteiger partial charge < -0.3 is 5.11 Å².